The second kappa shape index (κ2) is 12.3. The lowest BCUT2D eigenvalue weighted by Crippen LogP contribution is -2.52. The van der Waals surface area contributed by atoms with Crippen LogP contribution in [0.15, 0.2) is 29.1 Å². The van der Waals surface area contributed by atoms with Crippen LogP contribution in [0.4, 0.5) is 0 Å². The zero-order valence-electron chi connectivity index (χ0n) is 23.6. The number of pyridine rings is 1. The molecule has 1 atom stereocenters. The first-order valence-electron chi connectivity index (χ1n) is 13.0. The Morgan fingerprint density at radius 2 is 1.88 bits per heavy atom. The van der Waals surface area contributed by atoms with Crippen LogP contribution >= 0.6 is 11.3 Å². The smallest absolute Gasteiger partial charge is 0.274 e. The Balaban J connectivity index is 1.91. The highest BCUT2D eigenvalue weighted by Crippen LogP contribution is 2.36. The summed E-state index contributed by atoms with van der Waals surface area (Å²) in [5, 5.41) is 20.7. The number of aromatic hydroxyl groups is 1. The van der Waals surface area contributed by atoms with Gasteiger partial charge < -0.3 is 28.9 Å². The number of carbonyl (C=O) groups excluding carboxylic acids is 2. The third-order valence-corrected chi connectivity index (χ3v) is 7.75. The number of hydrogen-bond donors (Lipinski definition) is 1. The maximum atomic E-state index is 13.7. The van der Waals surface area contributed by atoms with E-state index in [1.807, 2.05) is 45.0 Å². The van der Waals surface area contributed by atoms with Gasteiger partial charge in [0.25, 0.3) is 5.91 Å². The summed E-state index contributed by atoms with van der Waals surface area (Å²) >= 11 is 1.22. The van der Waals surface area contributed by atoms with E-state index in [0.29, 0.717) is 18.0 Å². The van der Waals surface area contributed by atoms with Crippen LogP contribution < -0.4 is 5.43 Å². The molecule has 0 unspecified atom stereocenters. The van der Waals surface area contributed by atoms with Gasteiger partial charge in [-0.25, -0.2) is 0 Å². The third-order valence-electron chi connectivity index (χ3n) is 6.81. The van der Waals surface area contributed by atoms with Gasteiger partial charge in [-0.3, -0.25) is 14.4 Å². The van der Waals surface area contributed by atoms with Crippen molar-refractivity contribution in [1.82, 2.24) is 24.6 Å². The van der Waals surface area contributed by atoms with Gasteiger partial charge in [0.15, 0.2) is 16.5 Å². The van der Waals surface area contributed by atoms with Crippen LogP contribution in [0.3, 0.4) is 0 Å². The van der Waals surface area contributed by atoms with Crippen molar-refractivity contribution in [2.75, 3.05) is 41.0 Å². The van der Waals surface area contributed by atoms with E-state index in [2.05, 4.69) is 10.2 Å². The molecule has 1 aromatic carbocycles. The number of carbonyl (C=O) groups is 2. The van der Waals surface area contributed by atoms with Crippen LogP contribution in [0.2, 0.25) is 0 Å². The Labute approximate surface area is 237 Å². The minimum absolute atomic E-state index is 0.0636. The standard InChI is InChI=1S/C28H35N5O6S/c1-16(2)32-14-19(27(36)31(4)5)33-20(15-39-12-11-38-6)22(24(34)25(35)23(33)28(32)37)26-30-29-21(40-26)13-18-9-7-17(3)8-10-18/h7-10,16,19,35H,11-15H2,1-6H3/t19-/m0/s1. The maximum Gasteiger partial charge on any atom is 0.274 e. The SMILES string of the molecule is COCCOCc1c(-c2nnc(Cc3ccc(C)cc3)s2)c(=O)c(O)c2n1[C@H](C(=O)N(C)C)CN(C(C)C)C2=O. The zero-order chi connectivity index (χ0) is 29.1. The Morgan fingerprint density at radius 1 is 1.18 bits per heavy atom. The average molecular weight is 570 g/mol. The van der Waals surface area contributed by atoms with Gasteiger partial charge in [-0.15, -0.1) is 10.2 Å². The molecule has 214 valence electrons. The molecule has 0 bridgehead atoms. The number of fused-ring (bicyclic) bond motifs is 1. The molecule has 0 saturated heterocycles. The monoisotopic (exact) mass is 569 g/mol. The highest BCUT2D eigenvalue weighted by molar-refractivity contribution is 7.14. The summed E-state index contributed by atoms with van der Waals surface area (Å²) in [5.41, 5.74) is 1.54. The van der Waals surface area contributed by atoms with Crippen LogP contribution in [0, 0.1) is 6.92 Å². The van der Waals surface area contributed by atoms with Crippen molar-refractivity contribution in [2.45, 2.75) is 45.9 Å². The number of amides is 2. The van der Waals surface area contributed by atoms with Crippen molar-refractivity contribution >= 4 is 23.2 Å². The van der Waals surface area contributed by atoms with Gasteiger partial charge in [0, 0.05) is 33.7 Å². The van der Waals surface area contributed by atoms with Gasteiger partial charge in [0.05, 0.1) is 37.6 Å². The molecule has 0 saturated carbocycles. The lowest BCUT2D eigenvalue weighted by Gasteiger charge is -2.40. The molecule has 0 spiro atoms. The van der Waals surface area contributed by atoms with Gasteiger partial charge in [0.1, 0.15) is 11.0 Å². The van der Waals surface area contributed by atoms with Crippen LogP contribution in [0.25, 0.3) is 10.6 Å². The number of hydrogen-bond acceptors (Lipinski definition) is 9. The number of likely N-dealkylation sites (N-methyl/N-ethyl adjacent to an activating group) is 1. The molecule has 1 aliphatic rings. The number of methoxy groups -OCH3 is 1. The fraction of sp³-hybridized carbons (Fsp3) is 0.464. The summed E-state index contributed by atoms with van der Waals surface area (Å²) in [6, 6.07) is 6.89. The van der Waals surface area contributed by atoms with E-state index in [0.717, 1.165) is 11.1 Å². The van der Waals surface area contributed by atoms with E-state index >= 15 is 0 Å². The lowest BCUT2D eigenvalue weighted by atomic mass is 10.0. The summed E-state index contributed by atoms with van der Waals surface area (Å²) in [6.07, 6.45) is 0.513. The van der Waals surface area contributed by atoms with Crippen LogP contribution in [0.1, 0.15) is 52.2 Å². The first-order chi connectivity index (χ1) is 19.0. The molecular formula is C28H35N5O6S. The van der Waals surface area contributed by atoms with E-state index in [1.165, 1.54) is 25.7 Å². The molecular weight excluding hydrogens is 534 g/mol. The Morgan fingerprint density at radius 3 is 2.50 bits per heavy atom. The summed E-state index contributed by atoms with van der Waals surface area (Å²) in [6.45, 7) is 6.14. The summed E-state index contributed by atoms with van der Waals surface area (Å²) in [5.74, 6) is -1.55. The van der Waals surface area contributed by atoms with E-state index in [1.54, 1.807) is 21.2 Å². The van der Waals surface area contributed by atoms with Crippen molar-refractivity contribution in [2.24, 2.45) is 0 Å². The lowest BCUT2D eigenvalue weighted by molar-refractivity contribution is -0.133. The zero-order valence-corrected chi connectivity index (χ0v) is 24.4. The van der Waals surface area contributed by atoms with E-state index < -0.39 is 23.1 Å². The molecule has 0 fully saturated rings. The number of benzene rings is 1. The fourth-order valence-electron chi connectivity index (χ4n) is 4.67. The van der Waals surface area contributed by atoms with Gasteiger partial charge in [-0.2, -0.15) is 0 Å². The van der Waals surface area contributed by atoms with Gasteiger partial charge >= 0.3 is 0 Å². The Bertz CT molecular complexity index is 1450. The molecule has 0 radical (unpaired) electrons. The van der Waals surface area contributed by atoms with E-state index in [-0.39, 0.29) is 53.7 Å². The summed E-state index contributed by atoms with van der Waals surface area (Å²) < 4.78 is 12.4. The predicted molar refractivity (Wildman–Crippen MR) is 151 cm³/mol. The van der Waals surface area contributed by atoms with Crippen molar-refractivity contribution in [1.29, 1.82) is 0 Å². The normalized spacial score (nSPS) is 15.0. The Hall–Kier alpha value is -3.61. The van der Waals surface area contributed by atoms with E-state index in [4.69, 9.17) is 9.47 Å². The summed E-state index contributed by atoms with van der Waals surface area (Å²) in [4.78, 5) is 43.7. The van der Waals surface area contributed by atoms with Crippen LogP contribution in [-0.2, 0) is 27.3 Å². The molecule has 1 aliphatic heterocycles. The molecule has 1 N–H and O–H groups in total. The van der Waals surface area contributed by atoms with Crippen LogP contribution in [0.5, 0.6) is 5.75 Å². The maximum absolute atomic E-state index is 13.7. The van der Waals surface area contributed by atoms with Crippen molar-refractivity contribution in [3.8, 4) is 16.3 Å². The highest BCUT2D eigenvalue weighted by atomic mass is 32.1. The topological polar surface area (TPSA) is 127 Å². The summed E-state index contributed by atoms with van der Waals surface area (Å²) in [7, 11) is 4.79. The van der Waals surface area contributed by atoms with Gasteiger partial charge in [-0.1, -0.05) is 41.2 Å². The van der Waals surface area contributed by atoms with Gasteiger partial charge in [0.2, 0.25) is 11.3 Å². The molecule has 2 aromatic heterocycles. The molecule has 3 aromatic rings. The van der Waals surface area contributed by atoms with Crippen molar-refractivity contribution in [3.63, 3.8) is 0 Å². The minimum atomic E-state index is -0.892. The molecule has 2 amide bonds. The van der Waals surface area contributed by atoms with Crippen molar-refractivity contribution in [3.05, 3.63) is 62.0 Å². The molecule has 0 aliphatic carbocycles. The second-order valence-electron chi connectivity index (χ2n) is 10.2. The second-order valence-corrected chi connectivity index (χ2v) is 11.3. The molecule has 12 heteroatoms. The number of rotatable bonds is 10. The molecule has 3 heterocycles. The highest BCUT2D eigenvalue weighted by Gasteiger charge is 2.42. The van der Waals surface area contributed by atoms with Gasteiger partial charge in [-0.05, 0) is 26.3 Å². The predicted octanol–water partition coefficient (Wildman–Crippen LogP) is 2.63. The van der Waals surface area contributed by atoms with Crippen LogP contribution in [-0.4, -0.2) is 88.5 Å². The molecule has 40 heavy (non-hydrogen) atoms. The first kappa shape index (κ1) is 29.4. The number of ether oxygens (including phenoxy) is 2. The number of nitrogens with zero attached hydrogens (tertiary/aromatic N) is 5. The minimum Gasteiger partial charge on any atom is -0.503 e. The molecule has 4 rings (SSSR count). The quantitative estimate of drug-likeness (QED) is 0.369. The third kappa shape index (κ3) is 5.79. The fourth-order valence-corrected chi connectivity index (χ4v) is 5.61. The van der Waals surface area contributed by atoms with E-state index in [9.17, 15) is 19.5 Å². The number of aryl methyl sites for hydroxylation is 1. The molecule has 11 nitrogen and oxygen atoms in total. The number of aromatic nitrogens is 3. The largest absolute Gasteiger partial charge is 0.503 e. The average Bonchev–Trinajstić information content (AvgIpc) is 3.37. The first-order valence-corrected chi connectivity index (χ1v) is 13.8. The Kier molecular flexibility index (Phi) is 9.02. The van der Waals surface area contributed by atoms with Crippen molar-refractivity contribution < 1.29 is 24.2 Å².